The first-order valence-electron chi connectivity index (χ1n) is 6.17. The number of amides is 1. The summed E-state index contributed by atoms with van der Waals surface area (Å²) in [5, 5.41) is 4.52. The highest BCUT2D eigenvalue weighted by molar-refractivity contribution is 6.31. The minimum absolute atomic E-state index is 0.101. The summed E-state index contributed by atoms with van der Waals surface area (Å²) in [5.74, 6) is -0.101. The zero-order chi connectivity index (χ0) is 13.9. The van der Waals surface area contributed by atoms with Gasteiger partial charge in [-0.3, -0.25) is 9.78 Å². The Labute approximate surface area is 121 Å². The van der Waals surface area contributed by atoms with Crippen LogP contribution in [0.5, 0.6) is 0 Å². The number of nitrogens with one attached hydrogen (secondary N) is 1. The van der Waals surface area contributed by atoms with Crippen molar-refractivity contribution < 1.29 is 4.79 Å². The molecule has 3 rings (SSSR count). The van der Waals surface area contributed by atoms with Crippen LogP contribution in [0.15, 0.2) is 55.0 Å². The van der Waals surface area contributed by atoms with Gasteiger partial charge in [-0.25, -0.2) is 0 Å². The first-order valence-corrected chi connectivity index (χ1v) is 6.54. The zero-order valence-corrected chi connectivity index (χ0v) is 11.3. The van der Waals surface area contributed by atoms with Crippen molar-refractivity contribution in [2.45, 2.75) is 6.54 Å². The van der Waals surface area contributed by atoms with Crippen molar-refractivity contribution in [2.24, 2.45) is 0 Å². The molecule has 3 aromatic rings. The summed E-state index contributed by atoms with van der Waals surface area (Å²) in [6.07, 6.45) is 5.16. The number of carbonyl (C=O) groups is 1. The van der Waals surface area contributed by atoms with Gasteiger partial charge in [0.05, 0.1) is 11.9 Å². The normalized spacial score (nSPS) is 10.7. The Bertz CT molecular complexity index is 752. The Hall–Kier alpha value is -2.33. The number of hydrogen-bond donors (Lipinski definition) is 1. The Morgan fingerprint density at radius 1 is 1.30 bits per heavy atom. The van der Waals surface area contributed by atoms with Gasteiger partial charge >= 0.3 is 0 Å². The molecule has 5 heteroatoms. The molecule has 0 aliphatic rings. The third-order valence-corrected chi connectivity index (χ3v) is 3.23. The summed E-state index contributed by atoms with van der Waals surface area (Å²) in [5.41, 5.74) is 1.63. The fourth-order valence-corrected chi connectivity index (χ4v) is 2.25. The van der Waals surface area contributed by atoms with Crippen molar-refractivity contribution in [1.82, 2.24) is 9.55 Å². The van der Waals surface area contributed by atoms with Crippen molar-refractivity contribution in [3.05, 3.63) is 60.0 Å². The van der Waals surface area contributed by atoms with Gasteiger partial charge in [-0.2, -0.15) is 0 Å². The van der Waals surface area contributed by atoms with Gasteiger partial charge in [0.15, 0.2) is 0 Å². The van der Waals surface area contributed by atoms with E-state index < -0.39 is 0 Å². The van der Waals surface area contributed by atoms with Crippen LogP contribution in [0.25, 0.3) is 10.9 Å². The highest BCUT2D eigenvalue weighted by Crippen LogP contribution is 2.20. The van der Waals surface area contributed by atoms with Crippen molar-refractivity contribution in [1.29, 1.82) is 0 Å². The van der Waals surface area contributed by atoms with E-state index in [2.05, 4.69) is 10.3 Å². The molecule has 0 bridgehead atoms. The molecular formula is C15H12ClN3O. The number of nitrogens with zero attached hydrogens (tertiary/aromatic N) is 2. The van der Waals surface area contributed by atoms with E-state index >= 15 is 0 Å². The molecule has 4 nitrogen and oxygen atoms in total. The highest BCUT2D eigenvalue weighted by atomic mass is 35.5. The van der Waals surface area contributed by atoms with Gasteiger partial charge in [0.1, 0.15) is 6.54 Å². The van der Waals surface area contributed by atoms with Crippen LogP contribution in [0.3, 0.4) is 0 Å². The summed E-state index contributed by atoms with van der Waals surface area (Å²) in [6, 6.07) is 11.2. The van der Waals surface area contributed by atoms with E-state index in [1.165, 1.54) is 0 Å². The molecule has 0 spiro atoms. The Morgan fingerprint density at radius 2 is 2.20 bits per heavy atom. The van der Waals surface area contributed by atoms with E-state index in [0.29, 0.717) is 10.7 Å². The number of anilines is 1. The molecule has 0 saturated heterocycles. The largest absolute Gasteiger partial charge is 0.338 e. The van der Waals surface area contributed by atoms with Gasteiger partial charge in [-0.15, -0.1) is 0 Å². The van der Waals surface area contributed by atoms with Gasteiger partial charge in [0.2, 0.25) is 5.91 Å². The zero-order valence-electron chi connectivity index (χ0n) is 10.6. The first kappa shape index (κ1) is 12.7. The number of halogens is 1. The molecule has 1 aromatic carbocycles. The quantitative estimate of drug-likeness (QED) is 0.802. The predicted octanol–water partition coefficient (Wildman–Crippen LogP) is 3.33. The van der Waals surface area contributed by atoms with Crippen LogP contribution in [0, 0.1) is 0 Å². The SMILES string of the molecule is O=C(Cn1ccc2ccc(Cl)cc21)Nc1cccnc1. The lowest BCUT2D eigenvalue weighted by atomic mass is 10.2. The number of hydrogen-bond acceptors (Lipinski definition) is 2. The van der Waals surface area contributed by atoms with E-state index in [4.69, 9.17) is 11.6 Å². The van der Waals surface area contributed by atoms with Gasteiger partial charge < -0.3 is 9.88 Å². The second kappa shape index (κ2) is 5.35. The second-order valence-corrected chi connectivity index (χ2v) is 4.87. The molecule has 1 N–H and O–H groups in total. The topological polar surface area (TPSA) is 46.9 Å². The van der Waals surface area contributed by atoms with Crippen LogP contribution < -0.4 is 5.32 Å². The lowest BCUT2D eigenvalue weighted by Gasteiger charge is -2.07. The highest BCUT2D eigenvalue weighted by Gasteiger charge is 2.07. The molecule has 2 aromatic heterocycles. The van der Waals surface area contributed by atoms with Crippen LogP contribution in [0.4, 0.5) is 5.69 Å². The van der Waals surface area contributed by atoms with E-state index in [-0.39, 0.29) is 12.5 Å². The van der Waals surface area contributed by atoms with Crippen LogP contribution in [0.2, 0.25) is 5.02 Å². The molecule has 0 unspecified atom stereocenters. The third kappa shape index (κ3) is 2.65. The minimum Gasteiger partial charge on any atom is -0.338 e. The van der Waals surface area contributed by atoms with Gasteiger partial charge in [0.25, 0.3) is 0 Å². The van der Waals surface area contributed by atoms with E-state index in [1.54, 1.807) is 24.5 Å². The fraction of sp³-hybridized carbons (Fsp3) is 0.0667. The Kier molecular flexibility index (Phi) is 3.39. The number of rotatable bonds is 3. The Morgan fingerprint density at radius 3 is 3.00 bits per heavy atom. The smallest absolute Gasteiger partial charge is 0.244 e. The van der Waals surface area contributed by atoms with Crippen LogP contribution in [0.1, 0.15) is 0 Å². The Balaban J connectivity index is 1.79. The lowest BCUT2D eigenvalue weighted by Crippen LogP contribution is -2.18. The third-order valence-electron chi connectivity index (χ3n) is 3.00. The van der Waals surface area contributed by atoms with Crippen molar-refractivity contribution in [3.63, 3.8) is 0 Å². The molecule has 0 aliphatic heterocycles. The molecule has 2 heterocycles. The van der Waals surface area contributed by atoms with Crippen molar-refractivity contribution in [2.75, 3.05) is 5.32 Å². The van der Waals surface area contributed by atoms with Crippen LogP contribution in [-0.2, 0) is 11.3 Å². The monoisotopic (exact) mass is 285 g/mol. The van der Waals surface area contributed by atoms with E-state index in [1.807, 2.05) is 35.0 Å². The van der Waals surface area contributed by atoms with Gasteiger partial charge in [-0.05, 0) is 35.7 Å². The number of carbonyl (C=O) groups excluding carboxylic acids is 1. The maximum atomic E-state index is 12.0. The van der Waals surface area contributed by atoms with Crippen LogP contribution in [-0.4, -0.2) is 15.5 Å². The van der Waals surface area contributed by atoms with Gasteiger partial charge in [0, 0.05) is 22.9 Å². The average Bonchev–Trinajstić information content (AvgIpc) is 2.82. The molecule has 0 aliphatic carbocycles. The predicted molar refractivity (Wildman–Crippen MR) is 79.8 cm³/mol. The summed E-state index contributed by atoms with van der Waals surface area (Å²) in [7, 11) is 0. The number of aromatic nitrogens is 2. The molecule has 0 fully saturated rings. The van der Waals surface area contributed by atoms with Gasteiger partial charge in [-0.1, -0.05) is 17.7 Å². The summed E-state index contributed by atoms with van der Waals surface area (Å²) in [6.45, 7) is 0.235. The number of benzene rings is 1. The molecule has 0 radical (unpaired) electrons. The average molecular weight is 286 g/mol. The molecule has 20 heavy (non-hydrogen) atoms. The molecule has 1 amide bonds. The molecular weight excluding hydrogens is 274 g/mol. The molecule has 100 valence electrons. The number of fused-ring (bicyclic) bond motifs is 1. The van der Waals surface area contributed by atoms with E-state index in [0.717, 1.165) is 10.9 Å². The molecule has 0 atom stereocenters. The summed E-state index contributed by atoms with van der Waals surface area (Å²) in [4.78, 5) is 16.0. The fourth-order valence-electron chi connectivity index (χ4n) is 2.09. The standard InChI is InChI=1S/C15H12ClN3O/c16-12-4-3-11-5-7-19(14(11)8-12)10-15(20)18-13-2-1-6-17-9-13/h1-9H,10H2,(H,18,20). The van der Waals surface area contributed by atoms with Crippen molar-refractivity contribution >= 4 is 34.1 Å². The lowest BCUT2D eigenvalue weighted by molar-refractivity contribution is -0.116. The summed E-state index contributed by atoms with van der Waals surface area (Å²) < 4.78 is 1.87. The maximum absolute atomic E-state index is 12.0. The van der Waals surface area contributed by atoms with E-state index in [9.17, 15) is 4.79 Å². The second-order valence-electron chi connectivity index (χ2n) is 4.44. The first-order chi connectivity index (χ1) is 9.72. The number of pyridine rings is 1. The van der Waals surface area contributed by atoms with Crippen LogP contribution >= 0.6 is 11.6 Å². The maximum Gasteiger partial charge on any atom is 0.244 e. The van der Waals surface area contributed by atoms with Crippen molar-refractivity contribution in [3.8, 4) is 0 Å². The minimum atomic E-state index is -0.101. The molecule has 0 saturated carbocycles. The summed E-state index contributed by atoms with van der Waals surface area (Å²) >= 11 is 5.99.